The van der Waals surface area contributed by atoms with E-state index in [1.165, 1.54) is 50.3 Å². The summed E-state index contributed by atoms with van der Waals surface area (Å²) in [6.07, 6.45) is 13.8. The highest BCUT2D eigenvalue weighted by atomic mass is 16.5. The van der Waals surface area contributed by atoms with Gasteiger partial charge < -0.3 is 4.74 Å². The molecule has 0 radical (unpaired) electrons. The van der Waals surface area contributed by atoms with Gasteiger partial charge in [0.15, 0.2) is 0 Å². The van der Waals surface area contributed by atoms with Crippen LogP contribution in [0.2, 0.25) is 0 Å². The van der Waals surface area contributed by atoms with E-state index in [2.05, 4.69) is 38.1 Å². The Balaban J connectivity index is 1.79. The largest absolute Gasteiger partial charge is 0.469 e. The number of rotatable bonds is 14. The number of benzene rings is 1. The van der Waals surface area contributed by atoms with E-state index in [4.69, 9.17) is 4.74 Å². The minimum Gasteiger partial charge on any atom is -0.469 e. The number of Topliss-reactive ketones (excluding diaryl/α,β-unsaturated/α-hetero) is 1. The van der Waals surface area contributed by atoms with Crippen molar-refractivity contribution >= 4 is 11.8 Å². The van der Waals surface area contributed by atoms with E-state index in [0.29, 0.717) is 24.0 Å². The smallest absolute Gasteiger partial charge is 0.305 e. The summed E-state index contributed by atoms with van der Waals surface area (Å²) in [5.74, 6) is 1.48. The molecule has 1 aliphatic rings. The van der Waals surface area contributed by atoms with E-state index in [-0.39, 0.29) is 11.9 Å². The van der Waals surface area contributed by atoms with Crippen molar-refractivity contribution in [2.75, 3.05) is 7.11 Å². The standard InChI is InChI=1S/C27H42O3/c1-4-5-6-9-12-22-14-16-23(17-15-22)24-18-19-26(28)25(24)20-21(2)11-8-7-10-13-27(29)30-3/h14-17,21,24-25H,4-13,18-20H2,1-3H3/t21-,24?,25?/m1/s1. The average molecular weight is 415 g/mol. The third-order valence-electron chi connectivity index (χ3n) is 6.79. The van der Waals surface area contributed by atoms with Gasteiger partial charge >= 0.3 is 5.97 Å². The fraction of sp³-hybridized carbons (Fsp3) is 0.704. The third-order valence-corrected chi connectivity index (χ3v) is 6.79. The number of carbonyl (C=O) groups is 2. The lowest BCUT2D eigenvalue weighted by Crippen LogP contribution is -2.17. The van der Waals surface area contributed by atoms with Gasteiger partial charge in [0.25, 0.3) is 0 Å². The molecular formula is C27H42O3. The number of esters is 1. The maximum absolute atomic E-state index is 12.6. The van der Waals surface area contributed by atoms with Gasteiger partial charge in [-0.2, -0.15) is 0 Å². The first-order valence-corrected chi connectivity index (χ1v) is 12.2. The Morgan fingerprint density at radius 3 is 2.50 bits per heavy atom. The van der Waals surface area contributed by atoms with Crippen molar-refractivity contribution in [3.8, 4) is 0 Å². The number of hydrogen-bond donors (Lipinski definition) is 0. The van der Waals surface area contributed by atoms with Crippen molar-refractivity contribution in [3.63, 3.8) is 0 Å². The van der Waals surface area contributed by atoms with E-state index in [0.717, 1.165) is 44.9 Å². The molecule has 168 valence electrons. The number of ketones is 1. The van der Waals surface area contributed by atoms with Crippen molar-refractivity contribution in [1.29, 1.82) is 0 Å². The second-order valence-corrected chi connectivity index (χ2v) is 9.29. The molecule has 1 fully saturated rings. The van der Waals surface area contributed by atoms with Crippen molar-refractivity contribution in [1.82, 2.24) is 0 Å². The van der Waals surface area contributed by atoms with Crippen molar-refractivity contribution in [3.05, 3.63) is 35.4 Å². The first-order chi connectivity index (χ1) is 14.5. The van der Waals surface area contributed by atoms with E-state index in [1.54, 1.807) is 0 Å². The van der Waals surface area contributed by atoms with Gasteiger partial charge in [0.1, 0.15) is 5.78 Å². The van der Waals surface area contributed by atoms with Gasteiger partial charge in [0.05, 0.1) is 7.11 Å². The lowest BCUT2D eigenvalue weighted by molar-refractivity contribution is -0.140. The van der Waals surface area contributed by atoms with Crippen LogP contribution < -0.4 is 0 Å². The molecule has 0 amide bonds. The predicted octanol–water partition coefficient (Wildman–Crippen LogP) is 7.02. The van der Waals surface area contributed by atoms with Gasteiger partial charge in [0.2, 0.25) is 0 Å². The summed E-state index contributed by atoms with van der Waals surface area (Å²) in [4.78, 5) is 23.8. The Hall–Kier alpha value is -1.64. The molecule has 0 N–H and O–H groups in total. The molecule has 0 aliphatic heterocycles. The minimum absolute atomic E-state index is 0.116. The van der Waals surface area contributed by atoms with Crippen molar-refractivity contribution in [2.24, 2.45) is 11.8 Å². The number of ether oxygens (including phenoxy) is 1. The summed E-state index contributed by atoms with van der Waals surface area (Å²) >= 11 is 0. The quantitative estimate of drug-likeness (QED) is 0.243. The zero-order valence-electron chi connectivity index (χ0n) is 19.5. The van der Waals surface area contributed by atoms with Crippen LogP contribution in [0.3, 0.4) is 0 Å². The molecule has 1 aromatic carbocycles. The van der Waals surface area contributed by atoms with Crippen LogP contribution >= 0.6 is 0 Å². The molecule has 0 bridgehead atoms. The Morgan fingerprint density at radius 1 is 1.07 bits per heavy atom. The Bertz CT molecular complexity index is 634. The van der Waals surface area contributed by atoms with Crippen LogP contribution in [-0.2, 0) is 20.7 Å². The maximum Gasteiger partial charge on any atom is 0.305 e. The fourth-order valence-corrected chi connectivity index (χ4v) is 4.88. The Kier molecular flexibility index (Phi) is 11.2. The van der Waals surface area contributed by atoms with E-state index in [1.807, 2.05) is 0 Å². The van der Waals surface area contributed by atoms with Gasteiger partial charge in [-0.3, -0.25) is 9.59 Å². The molecule has 0 aromatic heterocycles. The second-order valence-electron chi connectivity index (χ2n) is 9.29. The summed E-state index contributed by atoms with van der Waals surface area (Å²) in [5.41, 5.74) is 2.78. The summed E-state index contributed by atoms with van der Waals surface area (Å²) < 4.78 is 4.69. The van der Waals surface area contributed by atoms with Crippen molar-refractivity contribution in [2.45, 2.75) is 103 Å². The van der Waals surface area contributed by atoms with Crippen LogP contribution in [0.25, 0.3) is 0 Å². The zero-order chi connectivity index (χ0) is 21.8. The maximum atomic E-state index is 12.6. The van der Waals surface area contributed by atoms with Gasteiger partial charge in [0, 0.05) is 18.8 Å². The minimum atomic E-state index is -0.116. The summed E-state index contributed by atoms with van der Waals surface area (Å²) in [6.45, 7) is 4.53. The van der Waals surface area contributed by atoms with Gasteiger partial charge in [-0.15, -0.1) is 0 Å². The number of methoxy groups -OCH3 is 1. The summed E-state index contributed by atoms with van der Waals surface area (Å²) in [5, 5.41) is 0. The molecule has 0 heterocycles. The topological polar surface area (TPSA) is 43.4 Å². The van der Waals surface area contributed by atoms with Crippen LogP contribution in [0.4, 0.5) is 0 Å². The van der Waals surface area contributed by atoms with Crippen LogP contribution in [0.15, 0.2) is 24.3 Å². The van der Waals surface area contributed by atoms with E-state index in [9.17, 15) is 9.59 Å². The lowest BCUT2D eigenvalue weighted by atomic mass is 9.81. The average Bonchev–Trinajstić information content (AvgIpc) is 3.11. The second kappa shape index (κ2) is 13.6. The first kappa shape index (κ1) is 24.6. The first-order valence-electron chi connectivity index (χ1n) is 12.2. The number of aryl methyl sites for hydroxylation is 1. The lowest BCUT2D eigenvalue weighted by Gasteiger charge is -2.22. The summed E-state index contributed by atoms with van der Waals surface area (Å²) in [7, 11) is 1.45. The van der Waals surface area contributed by atoms with Crippen molar-refractivity contribution < 1.29 is 14.3 Å². The molecule has 1 saturated carbocycles. The number of unbranched alkanes of at least 4 members (excludes halogenated alkanes) is 5. The number of hydrogen-bond acceptors (Lipinski definition) is 3. The molecule has 3 nitrogen and oxygen atoms in total. The van der Waals surface area contributed by atoms with Gasteiger partial charge in [-0.05, 0) is 55.1 Å². The molecule has 1 aliphatic carbocycles. The monoisotopic (exact) mass is 414 g/mol. The molecule has 2 unspecified atom stereocenters. The zero-order valence-corrected chi connectivity index (χ0v) is 19.5. The Morgan fingerprint density at radius 2 is 1.80 bits per heavy atom. The summed E-state index contributed by atoms with van der Waals surface area (Å²) in [6, 6.07) is 9.13. The molecule has 0 spiro atoms. The predicted molar refractivity (Wildman–Crippen MR) is 124 cm³/mol. The van der Waals surface area contributed by atoms with E-state index < -0.39 is 0 Å². The van der Waals surface area contributed by atoms with Gasteiger partial charge in [-0.1, -0.05) is 76.6 Å². The molecule has 0 saturated heterocycles. The fourth-order valence-electron chi connectivity index (χ4n) is 4.88. The SMILES string of the molecule is CCCCCCc1ccc(C2CCC(=O)C2C[C@H](C)CCCCCC(=O)OC)cc1. The van der Waals surface area contributed by atoms with Crippen LogP contribution in [-0.4, -0.2) is 18.9 Å². The van der Waals surface area contributed by atoms with Crippen LogP contribution in [0.1, 0.15) is 108 Å². The molecule has 2 rings (SSSR count). The van der Waals surface area contributed by atoms with Crippen LogP contribution in [0.5, 0.6) is 0 Å². The normalized spacial score (nSPS) is 19.8. The van der Waals surface area contributed by atoms with Gasteiger partial charge in [-0.25, -0.2) is 0 Å². The third kappa shape index (κ3) is 8.24. The molecule has 3 heteroatoms. The highest BCUT2D eigenvalue weighted by Crippen LogP contribution is 2.41. The number of carbonyl (C=O) groups excluding carboxylic acids is 2. The highest BCUT2D eigenvalue weighted by molar-refractivity contribution is 5.84. The highest BCUT2D eigenvalue weighted by Gasteiger charge is 2.36. The molecule has 1 aromatic rings. The molecular weight excluding hydrogens is 372 g/mol. The van der Waals surface area contributed by atoms with E-state index >= 15 is 0 Å². The van der Waals surface area contributed by atoms with Crippen LogP contribution in [0, 0.1) is 11.8 Å². The molecule has 30 heavy (non-hydrogen) atoms. The Labute approximate surface area is 184 Å². The molecule has 3 atom stereocenters.